The summed E-state index contributed by atoms with van der Waals surface area (Å²) in [6, 6.07) is 10.5. The zero-order chi connectivity index (χ0) is 9.38. The van der Waals surface area contributed by atoms with E-state index in [2.05, 4.69) is 23.0 Å². The highest BCUT2D eigenvalue weighted by Gasteiger charge is 2.19. The van der Waals surface area contributed by atoms with Gasteiger partial charge in [-0.1, -0.05) is 18.2 Å². The topological polar surface area (TPSA) is 37.2 Å². The van der Waals surface area contributed by atoms with Gasteiger partial charge in [-0.05, 0) is 18.6 Å². The van der Waals surface area contributed by atoms with Crippen molar-refractivity contribution >= 4 is 11.0 Å². The van der Waals surface area contributed by atoms with E-state index >= 15 is 0 Å². The highest BCUT2D eigenvalue weighted by atomic mass is 16.3. The van der Waals surface area contributed by atoms with Crippen LogP contribution in [0.2, 0.25) is 0 Å². The van der Waals surface area contributed by atoms with Gasteiger partial charge >= 0.3 is 0 Å². The third kappa shape index (κ3) is 1.22. The van der Waals surface area contributed by atoms with Gasteiger partial charge in [-0.2, -0.15) is 0 Å². The highest BCUT2D eigenvalue weighted by Crippen LogP contribution is 2.26. The van der Waals surface area contributed by atoms with Crippen LogP contribution in [0, 0.1) is 0 Å². The van der Waals surface area contributed by atoms with Crippen molar-refractivity contribution in [3.05, 3.63) is 36.1 Å². The standard InChI is InChI=1S/C11H12N2O/c1-2-4-10-8(3-1)7-11(14-10)9-5-6-12-13-9/h1-4,7,9,12-13H,5-6H2. The summed E-state index contributed by atoms with van der Waals surface area (Å²) in [5, 5.41) is 1.18. The molecule has 0 aliphatic carbocycles. The summed E-state index contributed by atoms with van der Waals surface area (Å²) in [7, 11) is 0. The fourth-order valence-corrected chi connectivity index (χ4v) is 1.87. The Balaban J connectivity index is 2.05. The second-order valence-electron chi connectivity index (χ2n) is 3.60. The van der Waals surface area contributed by atoms with E-state index in [0.717, 1.165) is 24.3 Å². The molecule has 2 N–H and O–H groups in total. The number of hydrogen-bond acceptors (Lipinski definition) is 3. The lowest BCUT2D eigenvalue weighted by Crippen LogP contribution is -2.24. The molecule has 0 spiro atoms. The molecule has 0 saturated carbocycles. The fraction of sp³-hybridized carbons (Fsp3) is 0.273. The average Bonchev–Trinajstić information content (AvgIpc) is 2.86. The summed E-state index contributed by atoms with van der Waals surface area (Å²) in [6.07, 6.45) is 1.08. The fourth-order valence-electron chi connectivity index (χ4n) is 1.87. The number of hydrogen-bond donors (Lipinski definition) is 2. The molecule has 1 aromatic carbocycles. The number of fused-ring (bicyclic) bond motifs is 1. The van der Waals surface area contributed by atoms with Gasteiger partial charge in [0, 0.05) is 11.9 Å². The summed E-state index contributed by atoms with van der Waals surface area (Å²) < 4.78 is 5.75. The molecule has 3 rings (SSSR count). The van der Waals surface area contributed by atoms with Crippen molar-refractivity contribution in [1.29, 1.82) is 0 Å². The van der Waals surface area contributed by atoms with Crippen molar-refractivity contribution in [3.8, 4) is 0 Å². The molecular weight excluding hydrogens is 176 g/mol. The maximum absolute atomic E-state index is 5.75. The third-order valence-electron chi connectivity index (χ3n) is 2.62. The van der Waals surface area contributed by atoms with E-state index in [0.29, 0.717) is 6.04 Å². The summed E-state index contributed by atoms with van der Waals surface area (Å²) in [4.78, 5) is 0. The van der Waals surface area contributed by atoms with Crippen LogP contribution in [0.25, 0.3) is 11.0 Å². The van der Waals surface area contributed by atoms with Crippen LogP contribution in [-0.2, 0) is 0 Å². The lowest BCUT2D eigenvalue weighted by Gasteiger charge is -2.03. The maximum atomic E-state index is 5.75. The van der Waals surface area contributed by atoms with Crippen molar-refractivity contribution in [2.24, 2.45) is 0 Å². The zero-order valence-electron chi connectivity index (χ0n) is 7.79. The van der Waals surface area contributed by atoms with Gasteiger partial charge in [-0.3, -0.25) is 5.43 Å². The van der Waals surface area contributed by atoms with E-state index in [1.165, 1.54) is 5.39 Å². The van der Waals surface area contributed by atoms with Gasteiger partial charge < -0.3 is 4.42 Å². The van der Waals surface area contributed by atoms with Crippen molar-refractivity contribution in [2.75, 3.05) is 6.54 Å². The van der Waals surface area contributed by atoms with Gasteiger partial charge in [0.05, 0.1) is 6.04 Å². The highest BCUT2D eigenvalue weighted by molar-refractivity contribution is 5.77. The van der Waals surface area contributed by atoms with Gasteiger partial charge in [-0.25, -0.2) is 5.43 Å². The quantitative estimate of drug-likeness (QED) is 0.718. The van der Waals surface area contributed by atoms with E-state index in [-0.39, 0.29) is 0 Å². The Morgan fingerprint density at radius 3 is 3.00 bits per heavy atom. The molecule has 1 saturated heterocycles. The SMILES string of the molecule is c1ccc2oc(C3CCNN3)cc2c1. The molecule has 0 amide bonds. The van der Waals surface area contributed by atoms with E-state index in [9.17, 15) is 0 Å². The predicted molar refractivity (Wildman–Crippen MR) is 54.7 cm³/mol. The molecule has 2 heterocycles. The van der Waals surface area contributed by atoms with Crippen molar-refractivity contribution < 1.29 is 4.42 Å². The van der Waals surface area contributed by atoms with Crippen LogP contribution in [0.5, 0.6) is 0 Å². The number of hydrazine groups is 1. The Morgan fingerprint density at radius 1 is 1.29 bits per heavy atom. The van der Waals surface area contributed by atoms with Crippen LogP contribution < -0.4 is 10.9 Å². The van der Waals surface area contributed by atoms with Crippen LogP contribution in [0.3, 0.4) is 0 Å². The largest absolute Gasteiger partial charge is 0.459 e. The smallest absolute Gasteiger partial charge is 0.134 e. The van der Waals surface area contributed by atoms with Gasteiger partial charge in [0.1, 0.15) is 11.3 Å². The van der Waals surface area contributed by atoms with Crippen LogP contribution in [-0.4, -0.2) is 6.54 Å². The third-order valence-corrected chi connectivity index (χ3v) is 2.62. The van der Waals surface area contributed by atoms with Crippen molar-refractivity contribution in [1.82, 2.24) is 10.9 Å². The van der Waals surface area contributed by atoms with Gasteiger partial charge in [0.15, 0.2) is 0 Å². The minimum atomic E-state index is 0.322. The Morgan fingerprint density at radius 2 is 2.21 bits per heavy atom. The number of para-hydroxylation sites is 1. The molecule has 72 valence electrons. The summed E-state index contributed by atoms with van der Waals surface area (Å²) in [6.45, 7) is 1.00. The predicted octanol–water partition coefficient (Wildman–Crippen LogP) is 1.97. The first-order valence-electron chi connectivity index (χ1n) is 4.90. The summed E-state index contributed by atoms with van der Waals surface area (Å²) in [5.74, 6) is 1.02. The minimum Gasteiger partial charge on any atom is -0.459 e. The molecule has 2 aromatic rings. The normalized spacial score (nSPS) is 21.9. The Bertz CT molecular complexity index is 410. The molecule has 1 unspecified atom stereocenters. The molecule has 3 nitrogen and oxygen atoms in total. The molecule has 14 heavy (non-hydrogen) atoms. The van der Waals surface area contributed by atoms with Crippen LogP contribution in [0.4, 0.5) is 0 Å². The second-order valence-corrected chi connectivity index (χ2v) is 3.60. The Hall–Kier alpha value is -1.32. The summed E-state index contributed by atoms with van der Waals surface area (Å²) in [5.41, 5.74) is 7.26. The molecule has 1 aliphatic rings. The number of furan rings is 1. The number of benzene rings is 1. The van der Waals surface area contributed by atoms with E-state index in [4.69, 9.17) is 4.42 Å². The van der Waals surface area contributed by atoms with Gasteiger partial charge in [0.2, 0.25) is 0 Å². The Kier molecular flexibility index (Phi) is 1.79. The van der Waals surface area contributed by atoms with E-state index in [1.54, 1.807) is 0 Å². The molecule has 0 radical (unpaired) electrons. The molecule has 1 atom stereocenters. The molecule has 1 aromatic heterocycles. The lowest BCUT2D eigenvalue weighted by atomic mass is 10.2. The van der Waals surface area contributed by atoms with E-state index in [1.807, 2.05) is 18.2 Å². The number of rotatable bonds is 1. The minimum absolute atomic E-state index is 0.322. The summed E-state index contributed by atoms with van der Waals surface area (Å²) >= 11 is 0. The molecule has 0 bridgehead atoms. The first kappa shape index (κ1) is 8.03. The van der Waals surface area contributed by atoms with Gasteiger partial charge in [-0.15, -0.1) is 0 Å². The zero-order valence-corrected chi connectivity index (χ0v) is 7.79. The van der Waals surface area contributed by atoms with Crippen molar-refractivity contribution in [2.45, 2.75) is 12.5 Å². The van der Waals surface area contributed by atoms with E-state index < -0.39 is 0 Å². The van der Waals surface area contributed by atoms with Crippen LogP contribution in [0.1, 0.15) is 18.2 Å². The monoisotopic (exact) mass is 188 g/mol. The van der Waals surface area contributed by atoms with Crippen molar-refractivity contribution in [3.63, 3.8) is 0 Å². The lowest BCUT2D eigenvalue weighted by molar-refractivity contribution is 0.455. The molecule has 1 fully saturated rings. The Labute approximate surface area is 82.1 Å². The molecular formula is C11H12N2O. The van der Waals surface area contributed by atoms with Crippen LogP contribution in [0.15, 0.2) is 34.7 Å². The molecule has 1 aliphatic heterocycles. The second kappa shape index (κ2) is 3.12. The first-order chi connectivity index (χ1) is 6.93. The number of nitrogens with one attached hydrogen (secondary N) is 2. The van der Waals surface area contributed by atoms with Crippen LogP contribution >= 0.6 is 0 Å². The average molecular weight is 188 g/mol. The first-order valence-corrected chi connectivity index (χ1v) is 4.90. The maximum Gasteiger partial charge on any atom is 0.134 e. The van der Waals surface area contributed by atoms with Gasteiger partial charge in [0.25, 0.3) is 0 Å². The molecule has 3 heteroatoms.